The highest BCUT2D eigenvalue weighted by Crippen LogP contribution is 2.40. The Morgan fingerprint density at radius 1 is 0.462 bits per heavy atom. The summed E-state index contributed by atoms with van der Waals surface area (Å²) in [6.07, 6.45) is 8.09. The van der Waals surface area contributed by atoms with Gasteiger partial charge in [-0.3, -0.25) is 0 Å². The second-order valence-electron chi connectivity index (χ2n) is 9.02. The molecular weight excluding hydrogens is 537 g/mol. The fourth-order valence-electron chi connectivity index (χ4n) is 4.48. The molecular formula is C32H22N4S3. The number of nitrogens with one attached hydrogen (secondary N) is 2. The average molecular weight is 559 g/mol. The molecule has 6 aromatic rings. The topological polar surface area (TPSA) is 57.4 Å². The van der Waals surface area contributed by atoms with E-state index in [2.05, 4.69) is 90.7 Å². The summed E-state index contributed by atoms with van der Waals surface area (Å²) < 4.78 is 0. The van der Waals surface area contributed by atoms with Crippen molar-refractivity contribution in [2.24, 2.45) is 0 Å². The summed E-state index contributed by atoms with van der Waals surface area (Å²) in [4.78, 5) is 20.1. The van der Waals surface area contributed by atoms with E-state index in [0.717, 1.165) is 44.8 Å². The number of thiophene rings is 3. The van der Waals surface area contributed by atoms with Crippen molar-refractivity contribution >= 4 is 80.4 Å². The second kappa shape index (κ2) is 10.5. The van der Waals surface area contributed by atoms with Gasteiger partial charge in [-0.25, -0.2) is 9.97 Å². The van der Waals surface area contributed by atoms with Crippen molar-refractivity contribution in [1.29, 1.82) is 0 Å². The number of nitrogens with zero attached hydrogens (tertiary/aromatic N) is 2. The second-order valence-corrected chi connectivity index (χ2v) is 11.8. The van der Waals surface area contributed by atoms with Gasteiger partial charge in [0.05, 0.1) is 27.7 Å². The normalized spacial score (nSPS) is 11.9. The van der Waals surface area contributed by atoms with Gasteiger partial charge in [0, 0.05) is 37.4 Å². The Kier molecular flexibility index (Phi) is 6.38. The molecule has 0 spiro atoms. The molecule has 7 heteroatoms. The first-order chi connectivity index (χ1) is 19.2. The van der Waals surface area contributed by atoms with Crippen molar-refractivity contribution in [2.45, 2.75) is 0 Å². The monoisotopic (exact) mass is 558 g/mol. The van der Waals surface area contributed by atoms with Crippen molar-refractivity contribution in [3.05, 3.63) is 118 Å². The van der Waals surface area contributed by atoms with Gasteiger partial charge in [0.25, 0.3) is 0 Å². The molecule has 0 aromatic carbocycles. The highest BCUT2D eigenvalue weighted by molar-refractivity contribution is 7.21. The maximum Gasteiger partial charge on any atom is 0.0658 e. The number of H-pyrrole nitrogens is 2. The zero-order valence-corrected chi connectivity index (χ0v) is 23.1. The minimum atomic E-state index is 0.939. The van der Waals surface area contributed by atoms with Gasteiger partial charge in [0.1, 0.15) is 0 Å². The van der Waals surface area contributed by atoms with Crippen molar-refractivity contribution in [3.8, 4) is 20.2 Å². The molecule has 0 amide bonds. The first-order valence-corrected chi connectivity index (χ1v) is 15.1. The Balaban J connectivity index is 0.000000145. The highest BCUT2D eigenvalue weighted by atomic mass is 32.1. The third-order valence-electron chi connectivity index (χ3n) is 6.24. The highest BCUT2D eigenvalue weighted by Gasteiger charge is 2.10. The van der Waals surface area contributed by atoms with Crippen molar-refractivity contribution in [2.75, 3.05) is 0 Å². The predicted molar refractivity (Wildman–Crippen MR) is 170 cm³/mol. The van der Waals surface area contributed by atoms with Crippen LogP contribution in [0.4, 0.5) is 0 Å². The molecule has 0 saturated heterocycles. The van der Waals surface area contributed by atoms with Gasteiger partial charge in [-0.2, -0.15) is 0 Å². The van der Waals surface area contributed by atoms with Crippen LogP contribution < -0.4 is 0 Å². The standard InChI is InChI=1S/C20H14N4.C12H8S3/c1-2-14-10-16-5-6-18(23-16)12-20-8-7-19(24-20)11-17-4-3-15(22-17)9-13(1)21-14;1-3-10(13-6-1)9-5-8-15-12(9)11-4-2-7-14-11/h1-12,21,24H;1-8H. The van der Waals surface area contributed by atoms with Crippen LogP contribution in [-0.2, 0) is 0 Å². The molecule has 0 fully saturated rings. The quantitative estimate of drug-likeness (QED) is 0.222. The van der Waals surface area contributed by atoms with E-state index in [-0.39, 0.29) is 0 Å². The largest absolute Gasteiger partial charge is 0.355 e. The number of fused-ring (bicyclic) bond motifs is 8. The smallest absolute Gasteiger partial charge is 0.0658 e. The van der Waals surface area contributed by atoms with E-state index in [1.165, 1.54) is 20.2 Å². The lowest BCUT2D eigenvalue weighted by atomic mass is 10.2. The van der Waals surface area contributed by atoms with E-state index in [9.17, 15) is 0 Å². The number of rotatable bonds is 2. The SMILES string of the molecule is C1=Cc2cc3ccc(cc4nc(cc5ccc(cc1n2)[nH]5)C=C4)[nH]3.c1csc(-c2ccsc2-c2cccs2)c1. The molecule has 0 aliphatic carbocycles. The van der Waals surface area contributed by atoms with Gasteiger partial charge in [-0.1, -0.05) is 12.1 Å². The molecule has 8 bridgehead atoms. The Morgan fingerprint density at radius 3 is 1.36 bits per heavy atom. The molecule has 39 heavy (non-hydrogen) atoms. The van der Waals surface area contributed by atoms with E-state index in [1.807, 2.05) is 71.2 Å². The summed E-state index contributed by atoms with van der Waals surface area (Å²) in [5.74, 6) is 0. The summed E-state index contributed by atoms with van der Waals surface area (Å²) >= 11 is 5.43. The summed E-state index contributed by atoms with van der Waals surface area (Å²) in [6.45, 7) is 0. The average Bonchev–Trinajstić information content (AvgIpc) is 3.77. The molecule has 2 aliphatic rings. The first-order valence-electron chi connectivity index (χ1n) is 12.4. The van der Waals surface area contributed by atoms with Gasteiger partial charge in [0.2, 0.25) is 0 Å². The Morgan fingerprint density at radius 2 is 0.923 bits per heavy atom. The Labute approximate surface area is 237 Å². The lowest BCUT2D eigenvalue weighted by Crippen LogP contribution is -1.75. The van der Waals surface area contributed by atoms with Crippen LogP contribution in [0.3, 0.4) is 0 Å². The third kappa shape index (κ3) is 5.33. The van der Waals surface area contributed by atoms with Gasteiger partial charge >= 0.3 is 0 Å². The van der Waals surface area contributed by atoms with Gasteiger partial charge < -0.3 is 9.97 Å². The predicted octanol–water partition coefficient (Wildman–Crippen LogP) is 9.86. The van der Waals surface area contributed by atoms with E-state index < -0.39 is 0 Å². The molecule has 2 N–H and O–H groups in total. The lowest BCUT2D eigenvalue weighted by Gasteiger charge is -1.97. The van der Waals surface area contributed by atoms with Gasteiger partial charge in [-0.05, 0) is 107 Å². The summed E-state index contributed by atoms with van der Waals surface area (Å²) in [7, 11) is 0. The first kappa shape index (κ1) is 23.8. The zero-order valence-electron chi connectivity index (χ0n) is 20.7. The molecule has 8 rings (SSSR count). The van der Waals surface area contributed by atoms with E-state index in [1.54, 1.807) is 11.3 Å². The molecule has 4 nitrogen and oxygen atoms in total. The van der Waals surface area contributed by atoms with E-state index in [4.69, 9.17) is 0 Å². The zero-order chi connectivity index (χ0) is 26.0. The number of aromatic nitrogens is 4. The maximum absolute atomic E-state index is 4.63. The van der Waals surface area contributed by atoms with Crippen LogP contribution in [0.1, 0.15) is 22.8 Å². The van der Waals surface area contributed by atoms with Gasteiger partial charge in [0.15, 0.2) is 0 Å². The fourth-order valence-corrected chi connectivity index (χ4v) is 7.10. The van der Waals surface area contributed by atoms with Crippen LogP contribution in [0.25, 0.3) is 66.6 Å². The number of hydrogen-bond donors (Lipinski definition) is 2. The molecule has 8 heterocycles. The molecule has 2 aliphatic heterocycles. The summed E-state index contributed by atoms with van der Waals surface area (Å²) in [6, 6.07) is 27.2. The molecule has 0 saturated carbocycles. The molecule has 6 aromatic heterocycles. The third-order valence-corrected chi connectivity index (χ3v) is 9.11. The summed E-state index contributed by atoms with van der Waals surface area (Å²) in [5.41, 5.74) is 9.23. The van der Waals surface area contributed by atoms with Crippen LogP contribution in [0.15, 0.2) is 95.0 Å². The van der Waals surface area contributed by atoms with Crippen molar-refractivity contribution < 1.29 is 0 Å². The van der Waals surface area contributed by atoms with Crippen LogP contribution in [0.5, 0.6) is 0 Å². The molecule has 188 valence electrons. The van der Waals surface area contributed by atoms with Gasteiger partial charge in [-0.15, -0.1) is 34.0 Å². The minimum Gasteiger partial charge on any atom is -0.355 e. The van der Waals surface area contributed by atoms with E-state index >= 15 is 0 Å². The lowest BCUT2D eigenvalue weighted by molar-refractivity contribution is 1.31. The van der Waals surface area contributed by atoms with Crippen LogP contribution in [-0.4, -0.2) is 19.9 Å². The Bertz CT molecular complexity index is 1740. The number of hydrogen-bond acceptors (Lipinski definition) is 5. The van der Waals surface area contributed by atoms with Crippen molar-refractivity contribution in [3.63, 3.8) is 0 Å². The fraction of sp³-hybridized carbons (Fsp3) is 0. The molecule has 0 atom stereocenters. The summed E-state index contributed by atoms with van der Waals surface area (Å²) in [5, 5.41) is 6.43. The Hall–Kier alpha value is -4.30. The van der Waals surface area contributed by atoms with Crippen LogP contribution in [0.2, 0.25) is 0 Å². The van der Waals surface area contributed by atoms with Crippen LogP contribution >= 0.6 is 34.0 Å². The maximum atomic E-state index is 4.63. The van der Waals surface area contributed by atoms with Crippen LogP contribution in [0, 0.1) is 0 Å². The minimum absolute atomic E-state index is 0.939. The van der Waals surface area contributed by atoms with Crippen molar-refractivity contribution in [1.82, 2.24) is 19.9 Å². The molecule has 0 unspecified atom stereocenters. The molecule has 0 radical (unpaired) electrons. The number of aromatic amines is 2. The van der Waals surface area contributed by atoms with E-state index in [0.29, 0.717) is 0 Å².